The fourth-order valence-corrected chi connectivity index (χ4v) is 3.05. The van der Waals surface area contributed by atoms with Gasteiger partial charge in [0.25, 0.3) is 0 Å². The number of piperazine rings is 1. The SMILES string of the molecule is CC1CN(C2CCCCC2)CCN1C(=O)O. The first kappa shape index (κ1) is 11.7. The summed E-state index contributed by atoms with van der Waals surface area (Å²) in [5.41, 5.74) is 0. The Labute approximate surface area is 97.2 Å². The highest BCUT2D eigenvalue weighted by Gasteiger charge is 2.31. The number of hydrogen-bond acceptors (Lipinski definition) is 2. The maximum atomic E-state index is 11.0. The molecular formula is C12H22N2O2. The Kier molecular flexibility index (Phi) is 3.69. The molecule has 1 amide bonds. The first-order valence-electron chi connectivity index (χ1n) is 6.42. The maximum absolute atomic E-state index is 11.0. The third-order valence-electron chi connectivity index (χ3n) is 4.00. The highest BCUT2D eigenvalue weighted by Crippen LogP contribution is 2.24. The van der Waals surface area contributed by atoms with Gasteiger partial charge < -0.3 is 10.0 Å². The molecule has 4 nitrogen and oxygen atoms in total. The topological polar surface area (TPSA) is 43.8 Å². The molecule has 92 valence electrons. The molecule has 0 radical (unpaired) electrons. The second kappa shape index (κ2) is 5.04. The lowest BCUT2D eigenvalue weighted by molar-refractivity contribution is 0.0442. The molecule has 0 aromatic carbocycles. The van der Waals surface area contributed by atoms with E-state index in [2.05, 4.69) is 4.90 Å². The number of carboxylic acid groups (broad SMARTS) is 1. The van der Waals surface area contributed by atoms with Crippen LogP contribution in [0.15, 0.2) is 0 Å². The van der Waals surface area contributed by atoms with Crippen LogP contribution in [0.4, 0.5) is 4.79 Å². The van der Waals surface area contributed by atoms with E-state index in [-0.39, 0.29) is 6.04 Å². The van der Waals surface area contributed by atoms with E-state index in [0.29, 0.717) is 12.6 Å². The number of rotatable bonds is 1. The number of nitrogens with zero attached hydrogens (tertiary/aromatic N) is 2. The molecular weight excluding hydrogens is 204 g/mol. The molecule has 2 rings (SSSR count). The Bertz CT molecular complexity index is 251. The average molecular weight is 226 g/mol. The quantitative estimate of drug-likeness (QED) is 0.743. The minimum absolute atomic E-state index is 0.146. The van der Waals surface area contributed by atoms with Gasteiger partial charge >= 0.3 is 6.09 Å². The van der Waals surface area contributed by atoms with Crippen molar-refractivity contribution in [3.8, 4) is 0 Å². The van der Waals surface area contributed by atoms with Gasteiger partial charge in [-0.05, 0) is 19.8 Å². The zero-order chi connectivity index (χ0) is 11.5. The van der Waals surface area contributed by atoms with Gasteiger partial charge in [0.2, 0.25) is 0 Å². The highest BCUT2D eigenvalue weighted by molar-refractivity contribution is 5.65. The van der Waals surface area contributed by atoms with E-state index in [1.54, 1.807) is 4.90 Å². The molecule has 1 saturated carbocycles. The molecule has 4 heteroatoms. The molecule has 0 spiro atoms. The van der Waals surface area contributed by atoms with Crippen LogP contribution < -0.4 is 0 Å². The van der Waals surface area contributed by atoms with Gasteiger partial charge in [0.05, 0.1) is 0 Å². The van der Waals surface area contributed by atoms with Crippen LogP contribution in [0.25, 0.3) is 0 Å². The normalized spacial score (nSPS) is 29.3. The predicted molar refractivity (Wildman–Crippen MR) is 62.6 cm³/mol. The van der Waals surface area contributed by atoms with Gasteiger partial charge in [-0.15, -0.1) is 0 Å². The van der Waals surface area contributed by atoms with E-state index in [1.165, 1.54) is 32.1 Å². The molecule has 1 heterocycles. The van der Waals surface area contributed by atoms with E-state index in [4.69, 9.17) is 5.11 Å². The van der Waals surface area contributed by atoms with E-state index in [0.717, 1.165) is 13.1 Å². The summed E-state index contributed by atoms with van der Waals surface area (Å²) in [5.74, 6) is 0. The van der Waals surface area contributed by atoms with Gasteiger partial charge in [0.15, 0.2) is 0 Å². The minimum Gasteiger partial charge on any atom is -0.465 e. The van der Waals surface area contributed by atoms with Gasteiger partial charge in [0, 0.05) is 31.7 Å². The van der Waals surface area contributed by atoms with E-state index in [1.807, 2.05) is 6.92 Å². The molecule has 0 aromatic rings. The van der Waals surface area contributed by atoms with Crippen LogP contribution in [0.3, 0.4) is 0 Å². The molecule has 0 aromatic heterocycles. The average Bonchev–Trinajstić information content (AvgIpc) is 2.29. The summed E-state index contributed by atoms with van der Waals surface area (Å²) < 4.78 is 0. The zero-order valence-corrected chi connectivity index (χ0v) is 10.1. The van der Waals surface area contributed by atoms with Crippen LogP contribution in [-0.2, 0) is 0 Å². The van der Waals surface area contributed by atoms with Crippen molar-refractivity contribution in [2.75, 3.05) is 19.6 Å². The summed E-state index contributed by atoms with van der Waals surface area (Å²) in [7, 11) is 0. The van der Waals surface area contributed by atoms with Crippen molar-refractivity contribution in [2.24, 2.45) is 0 Å². The van der Waals surface area contributed by atoms with Crippen molar-refractivity contribution in [3.05, 3.63) is 0 Å². The lowest BCUT2D eigenvalue weighted by Crippen LogP contribution is -2.56. The van der Waals surface area contributed by atoms with Crippen LogP contribution >= 0.6 is 0 Å². The zero-order valence-electron chi connectivity index (χ0n) is 10.1. The van der Waals surface area contributed by atoms with E-state index >= 15 is 0 Å². The monoisotopic (exact) mass is 226 g/mol. The molecule has 1 aliphatic carbocycles. The Morgan fingerprint density at radius 2 is 1.88 bits per heavy atom. The fraction of sp³-hybridized carbons (Fsp3) is 0.917. The Morgan fingerprint density at radius 1 is 1.19 bits per heavy atom. The molecule has 2 aliphatic rings. The summed E-state index contributed by atoms with van der Waals surface area (Å²) in [6.45, 7) is 4.52. The lowest BCUT2D eigenvalue weighted by Gasteiger charge is -2.43. The Morgan fingerprint density at radius 3 is 2.44 bits per heavy atom. The van der Waals surface area contributed by atoms with Crippen LogP contribution in [0, 0.1) is 0 Å². The second-order valence-corrected chi connectivity index (χ2v) is 5.11. The van der Waals surface area contributed by atoms with Crippen molar-refractivity contribution in [1.29, 1.82) is 0 Å². The second-order valence-electron chi connectivity index (χ2n) is 5.11. The van der Waals surface area contributed by atoms with Crippen molar-refractivity contribution in [1.82, 2.24) is 9.80 Å². The van der Waals surface area contributed by atoms with Crippen LogP contribution in [-0.4, -0.2) is 52.7 Å². The van der Waals surface area contributed by atoms with Gasteiger partial charge in [0.1, 0.15) is 0 Å². The van der Waals surface area contributed by atoms with Crippen molar-refractivity contribution < 1.29 is 9.90 Å². The predicted octanol–water partition coefficient (Wildman–Crippen LogP) is 2.00. The standard InChI is InChI=1S/C12H22N2O2/c1-10-9-13(7-8-14(10)12(15)16)11-5-3-2-4-6-11/h10-11H,2-9H2,1H3,(H,15,16). The van der Waals surface area contributed by atoms with E-state index < -0.39 is 6.09 Å². The van der Waals surface area contributed by atoms with Gasteiger partial charge in [-0.25, -0.2) is 4.79 Å². The largest absolute Gasteiger partial charge is 0.465 e. The summed E-state index contributed by atoms with van der Waals surface area (Å²) in [5, 5.41) is 9.01. The van der Waals surface area contributed by atoms with Crippen LogP contribution in [0.1, 0.15) is 39.0 Å². The molecule has 1 aliphatic heterocycles. The first-order valence-corrected chi connectivity index (χ1v) is 6.42. The molecule has 2 fully saturated rings. The molecule has 1 atom stereocenters. The summed E-state index contributed by atoms with van der Waals surface area (Å²) >= 11 is 0. The number of hydrogen-bond donors (Lipinski definition) is 1. The number of carbonyl (C=O) groups is 1. The Hall–Kier alpha value is -0.770. The van der Waals surface area contributed by atoms with Gasteiger partial charge in [-0.3, -0.25) is 4.90 Å². The molecule has 16 heavy (non-hydrogen) atoms. The summed E-state index contributed by atoms with van der Waals surface area (Å²) in [6, 6.07) is 0.861. The van der Waals surface area contributed by atoms with Crippen molar-refractivity contribution in [2.45, 2.75) is 51.1 Å². The summed E-state index contributed by atoms with van der Waals surface area (Å²) in [4.78, 5) is 15.0. The highest BCUT2D eigenvalue weighted by atomic mass is 16.4. The third-order valence-corrected chi connectivity index (χ3v) is 4.00. The van der Waals surface area contributed by atoms with Crippen LogP contribution in [0.2, 0.25) is 0 Å². The van der Waals surface area contributed by atoms with Crippen molar-refractivity contribution >= 4 is 6.09 Å². The fourth-order valence-electron chi connectivity index (χ4n) is 3.05. The van der Waals surface area contributed by atoms with E-state index in [9.17, 15) is 4.79 Å². The first-order chi connectivity index (χ1) is 7.68. The van der Waals surface area contributed by atoms with Crippen LogP contribution in [0.5, 0.6) is 0 Å². The molecule has 1 N–H and O–H groups in total. The van der Waals surface area contributed by atoms with Gasteiger partial charge in [-0.2, -0.15) is 0 Å². The molecule has 1 unspecified atom stereocenters. The lowest BCUT2D eigenvalue weighted by atomic mass is 9.93. The summed E-state index contributed by atoms with van der Waals surface area (Å²) in [6.07, 6.45) is 5.91. The maximum Gasteiger partial charge on any atom is 0.407 e. The minimum atomic E-state index is -0.768. The third kappa shape index (κ3) is 2.48. The van der Waals surface area contributed by atoms with Gasteiger partial charge in [-0.1, -0.05) is 19.3 Å². The van der Waals surface area contributed by atoms with Crippen molar-refractivity contribution in [3.63, 3.8) is 0 Å². The molecule has 1 saturated heterocycles. The number of amides is 1. The molecule has 0 bridgehead atoms. The smallest absolute Gasteiger partial charge is 0.407 e. The Balaban J connectivity index is 1.88.